The van der Waals surface area contributed by atoms with Crippen LogP contribution in [0.2, 0.25) is 0 Å². The standard InChI is InChI=1S/C20H22FN3O2/c21-18-4-2-1-3-17(18)13-19(25)23-9-11-24(12-10-23)20(26)16-7-5-15(14-22)6-8-16/h1-8H,9-14,22H2. The minimum Gasteiger partial charge on any atom is -0.339 e. The predicted octanol–water partition coefficient (Wildman–Crippen LogP) is 1.81. The molecule has 0 atom stereocenters. The lowest BCUT2D eigenvalue weighted by Crippen LogP contribution is -2.51. The third kappa shape index (κ3) is 4.08. The Balaban J connectivity index is 1.55. The summed E-state index contributed by atoms with van der Waals surface area (Å²) in [5.74, 6) is -0.528. The number of carbonyl (C=O) groups is 2. The minimum atomic E-state index is -0.365. The van der Waals surface area contributed by atoms with Gasteiger partial charge in [0, 0.05) is 38.3 Å². The SMILES string of the molecule is NCc1ccc(C(=O)N2CCN(C(=O)Cc3ccccc3F)CC2)cc1. The molecular weight excluding hydrogens is 333 g/mol. The molecule has 0 bridgehead atoms. The number of carbonyl (C=O) groups excluding carboxylic acids is 2. The fourth-order valence-corrected chi connectivity index (χ4v) is 3.04. The van der Waals surface area contributed by atoms with Gasteiger partial charge in [-0.1, -0.05) is 30.3 Å². The molecule has 2 aromatic carbocycles. The number of nitrogens with two attached hydrogens (primary N) is 1. The molecular formula is C20H22FN3O2. The normalized spacial score (nSPS) is 14.4. The molecule has 1 aliphatic rings. The zero-order valence-electron chi connectivity index (χ0n) is 14.5. The Labute approximate surface area is 152 Å². The first-order chi connectivity index (χ1) is 12.6. The third-order valence-electron chi connectivity index (χ3n) is 4.66. The first-order valence-electron chi connectivity index (χ1n) is 8.68. The second-order valence-electron chi connectivity index (χ2n) is 6.34. The Kier molecular flexibility index (Phi) is 5.63. The van der Waals surface area contributed by atoms with Crippen LogP contribution in [0.25, 0.3) is 0 Å². The summed E-state index contributed by atoms with van der Waals surface area (Å²) < 4.78 is 13.7. The number of halogens is 1. The molecule has 136 valence electrons. The maximum atomic E-state index is 13.7. The number of amides is 2. The molecule has 1 fully saturated rings. The first kappa shape index (κ1) is 18.1. The van der Waals surface area contributed by atoms with Crippen molar-refractivity contribution in [1.29, 1.82) is 0 Å². The zero-order valence-corrected chi connectivity index (χ0v) is 14.5. The van der Waals surface area contributed by atoms with Crippen LogP contribution in [0, 0.1) is 5.82 Å². The van der Waals surface area contributed by atoms with Crippen LogP contribution in [0.4, 0.5) is 4.39 Å². The van der Waals surface area contributed by atoms with Crippen LogP contribution in [-0.4, -0.2) is 47.8 Å². The lowest BCUT2D eigenvalue weighted by molar-refractivity contribution is -0.132. The molecule has 0 saturated carbocycles. The maximum Gasteiger partial charge on any atom is 0.253 e. The van der Waals surface area contributed by atoms with Gasteiger partial charge in [-0.25, -0.2) is 4.39 Å². The van der Waals surface area contributed by atoms with Gasteiger partial charge in [0.25, 0.3) is 5.91 Å². The Bertz CT molecular complexity index is 784. The van der Waals surface area contributed by atoms with Crippen molar-refractivity contribution in [3.63, 3.8) is 0 Å². The number of piperazine rings is 1. The van der Waals surface area contributed by atoms with Gasteiger partial charge >= 0.3 is 0 Å². The second-order valence-corrected chi connectivity index (χ2v) is 6.34. The quantitative estimate of drug-likeness (QED) is 0.910. The van der Waals surface area contributed by atoms with Crippen LogP contribution in [0.1, 0.15) is 21.5 Å². The summed E-state index contributed by atoms with van der Waals surface area (Å²) >= 11 is 0. The van der Waals surface area contributed by atoms with E-state index in [-0.39, 0.29) is 24.1 Å². The summed E-state index contributed by atoms with van der Waals surface area (Å²) in [6.45, 7) is 2.30. The van der Waals surface area contributed by atoms with E-state index in [2.05, 4.69) is 0 Å². The fourth-order valence-electron chi connectivity index (χ4n) is 3.04. The van der Waals surface area contributed by atoms with Crippen molar-refractivity contribution in [3.05, 3.63) is 71.0 Å². The molecule has 1 heterocycles. The van der Waals surface area contributed by atoms with Gasteiger partial charge < -0.3 is 15.5 Å². The number of nitrogens with zero attached hydrogens (tertiary/aromatic N) is 2. The van der Waals surface area contributed by atoms with Crippen molar-refractivity contribution in [2.75, 3.05) is 26.2 Å². The van der Waals surface area contributed by atoms with Gasteiger partial charge in [-0.15, -0.1) is 0 Å². The summed E-state index contributed by atoms with van der Waals surface area (Å²) in [5.41, 5.74) is 7.57. The Hall–Kier alpha value is -2.73. The van der Waals surface area contributed by atoms with Crippen molar-refractivity contribution < 1.29 is 14.0 Å². The van der Waals surface area contributed by atoms with E-state index in [0.717, 1.165) is 5.56 Å². The van der Waals surface area contributed by atoms with Gasteiger partial charge in [-0.3, -0.25) is 9.59 Å². The molecule has 5 nitrogen and oxygen atoms in total. The summed E-state index contributed by atoms with van der Waals surface area (Å²) in [6, 6.07) is 13.6. The Morgan fingerprint density at radius 2 is 1.54 bits per heavy atom. The van der Waals surface area contributed by atoms with Crippen molar-refractivity contribution in [2.24, 2.45) is 5.73 Å². The summed E-state index contributed by atoms with van der Waals surface area (Å²) in [4.78, 5) is 28.4. The van der Waals surface area contributed by atoms with Gasteiger partial charge in [-0.2, -0.15) is 0 Å². The highest BCUT2D eigenvalue weighted by Crippen LogP contribution is 2.13. The first-order valence-corrected chi connectivity index (χ1v) is 8.68. The minimum absolute atomic E-state index is 0.0428. The number of hydrogen-bond donors (Lipinski definition) is 1. The molecule has 0 radical (unpaired) electrons. The van der Waals surface area contributed by atoms with Gasteiger partial charge in [0.2, 0.25) is 5.91 Å². The zero-order chi connectivity index (χ0) is 18.5. The number of benzene rings is 2. The lowest BCUT2D eigenvalue weighted by Gasteiger charge is -2.35. The largest absolute Gasteiger partial charge is 0.339 e. The van der Waals surface area contributed by atoms with Crippen LogP contribution in [-0.2, 0) is 17.8 Å². The summed E-state index contributed by atoms with van der Waals surface area (Å²) in [7, 11) is 0. The van der Waals surface area contributed by atoms with Gasteiger partial charge in [0.1, 0.15) is 5.82 Å². The molecule has 26 heavy (non-hydrogen) atoms. The van der Waals surface area contributed by atoms with Crippen LogP contribution in [0.3, 0.4) is 0 Å². The highest BCUT2D eigenvalue weighted by Gasteiger charge is 2.25. The fraction of sp³-hybridized carbons (Fsp3) is 0.300. The Morgan fingerprint density at radius 1 is 0.923 bits per heavy atom. The third-order valence-corrected chi connectivity index (χ3v) is 4.66. The van der Waals surface area contributed by atoms with E-state index >= 15 is 0 Å². The van der Waals surface area contributed by atoms with E-state index in [4.69, 9.17) is 5.73 Å². The summed E-state index contributed by atoms with van der Waals surface area (Å²) in [5, 5.41) is 0. The molecule has 0 aliphatic carbocycles. The molecule has 1 aliphatic heterocycles. The van der Waals surface area contributed by atoms with Gasteiger partial charge in [0.15, 0.2) is 0 Å². The van der Waals surface area contributed by atoms with Crippen molar-refractivity contribution in [2.45, 2.75) is 13.0 Å². The summed E-state index contributed by atoms with van der Waals surface area (Å²) in [6.07, 6.45) is 0.0428. The molecule has 1 saturated heterocycles. The monoisotopic (exact) mass is 355 g/mol. The Morgan fingerprint density at radius 3 is 2.15 bits per heavy atom. The highest BCUT2D eigenvalue weighted by molar-refractivity contribution is 5.94. The predicted molar refractivity (Wildman–Crippen MR) is 96.9 cm³/mol. The van der Waals surface area contributed by atoms with E-state index in [1.165, 1.54) is 6.07 Å². The molecule has 2 aromatic rings. The topological polar surface area (TPSA) is 66.6 Å². The lowest BCUT2D eigenvalue weighted by atomic mass is 10.1. The van der Waals surface area contributed by atoms with E-state index < -0.39 is 0 Å². The van der Waals surface area contributed by atoms with Gasteiger partial charge in [0.05, 0.1) is 6.42 Å². The van der Waals surface area contributed by atoms with Crippen LogP contribution >= 0.6 is 0 Å². The second kappa shape index (κ2) is 8.10. The van der Waals surface area contributed by atoms with E-state index in [1.54, 1.807) is 40.1 Å². The smallest absolute Gasteiger partial charge is 0.253 e. The molecule has 2 amide bonds. The molecule has 6 heteroatoms. The van der Waals surface area contributed by atoms with Crippen molar-refractivity contribution in [3.8, 4) is 0 Å². The van der Waals surface area contributed by atoms with Crippen LogP contribution in [0.15, 0.2) is 48.5 Å². The van der Waals surface area contributed by atoms with Crippen LogP contribution in [0.5, 0.6) is 0 Å². The van der Waals surface area contributed by atoms with E-state index in [0.29, 0.717) is 43.9 Å². The molecule has 0 spiro atoms. The van der Waals surface area contributed by atoms with Crippen molar-refractivity contribution in [1.82, 2.24) is 9.80 Å². The molecule has 3 rings (SSSR count). The van der Waals surface area contributed by atoms with Gasteiger partial charge in [-0.05, 0) is 29.3 Å². The average Bonchev–Trinajstić information content (AvgIpc) is 2.69. The molecule has 0 unspecified atom stereocenters. The van der Waals surface area contributed by atoms with E-state index in [9.17, 15) is 14.0 Å². The van der Waals surface area contributed by atoms with Crippen molar-refractivity contribution >= 4 is 11.8 Å². The highest BCUT2D eigenvalue weighted by atomic mass is 19.1. The maximum absolute atomic E-state index is 13.7. The number of hydrogen-bond acceptors (Lipinski definition) is 3. The number of rotatable bonds is 4. The molecule has 0 aromatic heterocycles. The average molecular weight is 355 g/mol. The molecule has 2 N–H and O–H groups in total. The van der Waals surface area contributed by atoms with Crippen LogP contribution < -0.4 is 5.73 Å². The van der Waals surface area contributed by atoms with E-state index in [1.807, 2.05) is 12.1 Å².